The van der Waals surface area contributed by atoms with E-state index in [4.69, 9.17) is 4.42 Å². The van der Waals surface area contributed by atoms with Gasteiger partial charge in [-0.15, -0.1) is 0 Å². The molecule has 26 heavy (non-hydrogen) atoms. The highest BCUT2D eigenvalue weighted by Crippen LogP contribution is 2.53. The van der Waals surface area contributed by atoms with Crippen molar-refractivity contribution in [3.63, 3.8) is 0 Å². The summed E-state index contributed by atoms with van der Waals surface area (Å²) in [7, 11) is 0. The van der Waals surface area contributed by atoms with E-state index in [9.17, 15) is 9.90 Å². The van der Waals surface area contributed by atoms with Crippen molar-refractivity contribution < 1.29 is 14.3 Å². The third-order valence-electron chi connectivity index (χ3n) is 6.67. The summed E-state index contributed by atoms with van der Waals surface area (Å²) in [5, 5.41) is 11.7. The standard InChI is InChI=1S/C22H23NO3/c24-21(25)23-12-10-22(11-13-23)9-8-15(14-22)16-5-3-7-19-20(16)17-4-1-2-6-18(17)26-19/h1-7,15H,8-14H2,(H,24,25). The molecule has 1 aliphatic carbocycles. The molecule has 2 fully saturated rings. The van der Waals surface area contributed by atoms with Gasteiger partial charge in [-0.25, -0.2) is 4.79 Å². The van der Waals surface area contributed by atoms with E-state index < -0.39 is 6.09 Å². The zero-order valence-electron chi connectivity index (χ0n) is 14.8. The van der Waals surface area contributed by atoms with Crippen LogP contribution in [0.4, 0.5) is 4.79 Å². The summed E-state index contributed by atoms with van der Waals surface area (Å²) in [6.45, 7) is 1.36. The van der Waals surface area contributed by atoms with Crippen LogP contribution in [0, 0.1) is 5.41 Å². The molecular weight excluding hydrogens is 326 g/mol. The largest absolute Gasteiger partial charge is 0.465 e. The number of benzene rings is 2. The van der Waals surface area contributed by atoms with Crippen LogP contribution < -0.4 is 0 Å². The summed E-state index contributed by atoms with van der Waals surface area (Å²) >= 11 is 0. The Hall–Kier alpha value is -2.49. The van der Waals surface area contributed by atoms with E-state index in [0.29, 0.717) is 24.4 Å². The van der Waals surface area contributed by atoms with Gasteiger partial charge < -0.3 is 14.4 Å². The Balaban J connectivity index is 1.47. The lowest BCUT2D eigenvalue weighted by Gasteiger charge is -2.38. The number of carboxylic acid groups (broad SMARTS) is 1. The number of nitrogens with zero attached hydrogens (tertiary/aromatic N) is 1. The first-order valence-electron chi connectivity index (χ1n) is 9.53. The fourth-order valence-electron chi connectivity index (χ4n) is 5.24. The summed E-state index contributed by atoms with van der Waals surface area (Å²) in [6.07, 6.45) is 4.78. The van der Waals surface area contributed by atoms with Crippen LogP contribution in [-0.2, 0) is 0 Å². The molecule has 1 aromatic heterocycles. The molecule has 1 saturated heterocycles. The number of piperidine rings is 1. The third kappa shape index (κ3) is 2.39. The minimum atomic E-state index is -0.774. The first-order valence-corrected chi connectivity index (χ1v) is 9.53. The summed E-state index contributed by atoms with van der Waals surface area (Å²) < 4.78 is 6.06. The van der Waals surface area contributed by atoms with Gasteiger partial charge in [0.15, 0.2) is 0 Å². The Bertz CT molecular complexity index is 981. The molecule has 0 bridgehead atoms. The van der Waals surface area contributed by atoms with Gasteiger partial charge >= 0.3 is 6.09 Å². The SMILES string of the molecule is O=C(O)N1CCC2(CCC(c3cccc4oc5ccccc5c34)C2)CC1. The van der Waals surface area contributed by atoms with Gasteiger partial charge in [-0.3, -0.25) is 0 Å². The number of carbonyl (C=O) groups is 1. The molecule has 1 amide bonds. The van der Waals surface area contributed by atoms with Crippen molar-refractivity contribution in [2.45, 2.75) is 38.0 Å². The predicted molar refractivity (Wildman–Crippen MR) is 102 cm³/mol. The average molecular weight is 349 g/mol. The van der Waals surface area contributed by atoms with E-state index in [-0.39, 0.29) is 0 Å². The molecule has 1 N–H and O–H groups in total. The molecular formula is C22H23NO3. The molecule has 2 aliphatic rings. The highest BCUT2D eigenvalue weighted by Gasteiger charge is 2.42. The number of furan rings is 1. The number of fused-ring (bicyclic) bond motifs is 3. The second kappa shape index (κ2) is 5.76. The highest BCUT2D eigenvalue weighted by atomic mass is 16.4. The highest BCUT2D eigenvalue weighted by molar-refractivity contribution is 6.06. The number of amides is 1. The summed E-state index contributed by atoms with van der Waals surface area (Å²) in [5.41, 5.74) is 3.66. The topological polar surface area (TPSA) is 53.7 Å². The van der Waals surface area contributed by atoms with E-state index in [1.165, 1.54) is 35.6 Å². The van der Waals surface area contributed by atoms with Gasteiger partial charge in [-0.1, -0.05) is 30.3 Å². The van der Waals surface area contributed by atoms with Crippen molar-refractivity contribution >= 4 is 28.0 Å². The molecule has 3 aromatic rings. The van der Waals surface area contributed by atoms with Gasteiger partial charge in [0, 0.05) is 23.9 Å². The lowest BCUT2D eigenvalue weighted by atomic mass is 9.76. The van der Waals surface area contributed by atoms with Crippen LogP contribution in [0.25, 0.3) is 21.9 Å². The number of likely N-dealkylation sites (tertiary alicyclic amines) is 1. The van der Waals surface area contributed by atoms with Gasteiger partial charge in [-0.05, 0) is 61.1 Å². The number of para-hydroxylation sites is 1. The number of hydrogen-bond donors (Lipinski definition) is 1. The Kier molecular flexibility index (Phi) is 3.49. The van der Waals surface area contributed by atoms with Gasteiger partial charge in [0.1, 0.15) is 11.2 Å². The minimum absolute atomic E-state index is 0.318. The first kappa shape index (κ1) is 15.7. The average Bonchev–Trinajstić information content (AvgIpc) is 3.23. The van der Waals surface area contributed by atoms with Gasteiger partial charge in [0.05, 0.1) is 0 Å². The minimum Gasteiger partial charge on any atom is -0.465 e. The molecule has 1 atom stereocenters. The molecule has 4 nitrogen and oxygen atoms in total. The molecule has 2 aromatic carbocycles. The van der Waals surface area contributed by atoms with Crippen molar-refractivity contribution in [1.29, 1.82) is 0 Å². The zero-order chi connectivity index (χ0) is 17.7. The predicted octanol–water partition coefficient (Wildman–Crippen LogP) is 5.61. The fourth-order valence-corrected chi connectivity index (χ4v) is 5.24. The fraction of sp³-hybridized carbons (Fsp3) is 0.409. The Morgan fingerprint density at radius 1 is 1.04 bits per heavy atom. The number of rotatable bonds is 1. The Morgan fingerprint density at radius 2 is 1.81 bits per heavy atom. The maximum atomic E-state index is 11.2. The smallest absolute Gasteiger partial charge is 0.407 e. The quantitative estimate of drug-likeness (QED) is 0.621. The van der Waals surface area contributed by atoms with Crippen molar-refractivity contribution in [1.82, 2.24) is 4.90 Å². The van der Waals surface area contributed by atoms with Crippen LogP contribution in [0.1, 0.15) is 43.6 Å². The van der Waals surface area contributed by atoms with Crippen molar-refractivity contribution in [2.24, 2.45) is 5.41 Å². The monoisotopic (exact) mass is 349 g/mol. The second-order valence-electron chi connectivity index (χ2n) is 8.03. The lowest BCUT2D eigenvalue weighted by molar-refractivity contribution is 0.0914. The van der Waals surface area contributed by atoms with Gasteiger partial charge in [0.2, 0.25) is 0 Å². The Morgan fingerprint density at radius 3 is 2.62 bits per heavy atom. The third-order valence-corrected chi connectivity index (χ3v) is 6.67. The van der Waals surface area contributed by atoms with Crippen molar-refractivity contribution in [3.05, 3.63) is 48.0 Å². The molecule has 4 heteroatoms. The molecule has 0 radical (unpaired) electrons. The lowest BCUT2D eigenvalue weighted by Crippen LogP contribution is -2.41. The molecule has 1 aliphatic heterocycles. The molecule has 134 valence electrons. The maximum absolute atomic E-state index is 11.2. The van der Waals surface area contributed by atoms with E-state index in [0.717, 1.165) is 24.0 Å². The van der Waals surface area contributed by atoms with E-state index in [2.05, 4.69) is 30.3 Å². The van der Waals surface area contributed by atoms with Crippen LogP contribution in [0.2, 0.25) is 0 Å². The molecule has 5 rings (SSSR count). The molecule has 1 unspecified atom stereocenters. The Labute approximate surface area is 152 Å². The van der Waals surface area contributed by atoms with Crippen molar-refractivity contribution in [3.8, 4) is 0 Å². The summed E-state index contributed by atoms with van der Waals surface area (Å²) in [5.74, 6) is 0.538. The van der Waals surface area contributed by atoms with E-state index in [1.807, 2.05) is 12.1 Å². The van der Waals surface area contributed by atoms with Crippen LogP contribution in [0.5, 0.6) is 0 Å². The van der Waals surface area contributed by atoms with Crippen LogP contribution >= 0.6 is 0 Å². The van der Waals surface area contributed by atoms with Gasteiger partial charge in [-0.2, -0.15) is 0 Å². The molecule has 1 saturated carbocycles. The second-order valence-corrected chi connectivity index (χ2v) is 8.03. The summed E-state index contributed by atoms with van der Waals surface area (Å²) in [4.78, 5) is 12.8. The first-order chi connectivity index (χ1) is 12.7. The van der Waals surface area contributed by atoms with Crippen molar-refractivity contribution in [2.75, 3.05) is 13.1 Å². The van der Waals surface area contributed by atoms with Crippen LogP contribution in [0.15, 0.2) is 46.9 Å². The molecule has 2 heterocycles. The summed E-state index contributed by atoms with van der Waals surface area (Å²) in [6, 6.07) is 14.7. The maximum Gasteiger partial charge on any atom is 0.407 e. The number of hydrogen-bond acceptors (Lipinski definition) is 2. The van der Waals surface area contributed by atoms with Gasteiger partial charge in [0.25, 0.3) is 0 Å². The van der Waals surface area contributed by atoms with E-state index in [1.54, 1.807) is 4.90 Å². The molecule has 1 spiro atoms. The van der Waals surface area contributed by atoms with Crippen LogP contribution in [0.3, 0.4) is 0 Å². The normalized spacial score (nSPS) is 22.5. The van der Waals surface area contributed by atoms with Crippen LogP contribution in [-0.4, -0.2) is 29.2 Å². The zero-order valence-corrected chi connectivity index (χ0v) is 14.8. The van der Waals surface area contributed by atoms with E-state index >= 15 is 0 Å².